The lowest BCUT2D eigenvalue weighted by molar-refractivity contribution is -0.0000122. The fourth-order valence-electron chi connectivity index (χ4n) is 1.87. The smallest absolute Gasteiger partial charge is 0.182 e. The maximum atomic E-state index is 12.1. The molecular formula is C14H14BrClN3O-. The highest BCUT2D eigenvalue weighted by atomic mass is 79.9. The Hall–Kier alpha value is -1.46. The first-order chi connectivity index (χ1) is 8.97. The largest absolute Gasteiger partial charge is 1.00 e. The molecule has 2 rings (SSSR count). The van der Waals surface area contributed by atoms with Gasteiger partial charge in [0.15, 0.2) is 5.78 Å². The molecule has 0 saturated heterocycles. The standard InChI is InChI=1S/C14H14ClN3O.BrH/c1-9-7-14(16)18(10(2)17-9)8-13(19)11-3-5-12(15)6-4-11;/h3-7,16H,8H2,1-2H3;1H/p-1. The van der Waals surface area contributed by atoms with Crippen LogP contribution in [0.4, 0.5) is 0 Å². The number of ketones is 1. The molecule has 1 aromatic carbocycles. The summed E-state index contributed by atoms with van der Waals surface area (Å²) in [4.78, 5) is 16.4. The maximum absolute atomic E-state index is 12.1. The molecule has 20 heavy (non-hydrogen) atoms. The highest BCUT2D eigenvalue weighted by molar-refractivity contribution is 6.30. The van der Waals surface area contributed by atoms with Crippen LogP contribution in [0.2, 0.25) is 5.02 Å². The highest BCUT2D eigenvalue weighted by Gasteiger charge is 2.09. The quantitative estimate of drug-likeness (QED) is 0.756. The Morgan fingerprint density at radius 3 is 2.45 bits per heavy atom. The average Bonchev–Trinajstić information content (AvgIpc) is 2.34. The number of Topliss-reactive ketones (excluding diaryl/α,β-unsaturated/α-hetero) is 1. The minimum absolute atomic E-state index is 0. The van der Waals surface area contributed by atoms with E-state index in [0.29, 0.717) is 16.4 Å². The van der Waals surface area contributed by atoms with E-state index in [1.54, 1.807) is 41.8 Å². The monoisotopic (exact) mass is 354 g/mol. The Labute approximate surface area is 132 Å². The van der Waals surface area contributed by atoms with E-state index in [-0.39, 0.29) is 34.8 Å². The molecule has 0 aliphatic rings. The first kappa shape index (κ1) is 16.6. The zero-order chi connectivity index (χ0) is 14.0. The van der Waals surface area contributed by atoms with Crippen LogP contribution >= 0.6 is 11.6 Å². The van der Waals surface area contributed by atoms with Gasteiger partial charge >= 0.3 is 0 Å². The molecule has 0 bridgehead atoms. The summed E-state index contributed by atoms with van der Waals surface area (Å²) in [6.07, 6.45) is 0. The Morgan fingerprint density at radius 2 is 1.90 bits per heavy atom. The molecule has 0 fully saturated rings. The lowest BCUT2D eigenvalue weighted by atomic mass is 10.1. The first-order valence-electron chi connectivity index (χ1n) is 5.86. The van der Waals surface area contributed by atoms with Gasteiger partial charge in [0.25, 0.3) is 0 Å². The van der Waals surface area contributed by atoms with Crippen LogP contribution < -0.4 is 22.5 Å². The summed E-state index contributed by atoms with van der Waals surface area (Å²) in [5.41, 5.74) is 1.64. The average molecular weight is 356 g/mol. The molecule has 1 heterocycles. The molecule has 4 nitrogen and oxygen atoms in total. The van der Waals surface area contributed by atoms with E-state index in [1.165, 1.54) is 0 Å². The molecule has 0 spiro atoms. The van der Waals surface area contributed by atoms with Gasteiger partial charge in [-0.2, -0.15) is 0 Å². The molecule has 0 amide bonds. The van der Waals surface area contributed by atoms with Gasteiger partial charge in [-0.15, -0.1) is 0 Å². The van der Waals surface area contributed by atoms with Gasteiger partial charge in [-0.05, 0) is 38.1 Å². The fourth-order valence-corrected chi connectivity index (χ4v) is 1.99. The molecule has 0 unspecified atom stereocenters. The number of rotatable bonds is 3. The number of carbonyl (C=O) groups excluding carboxylic acids is 1. The number of aryl methyl sites for hydroxylation is 2. The van der Waals surface area contributed by atoms with Gasteiger partial charge in [-0.3, -0.25) is 10.2 Å². The molecule has 0 aliphatic heterocycles. The third kappa shape index (κ3) is 3.77. The van der Waals surface area contributed by atoms with E-state index in [1.807, 2.05) is 6.92 Å². The summed E-state index contributed by atoms with van der Waals surface area (Å²) >= 11 is 5.79. The van der Waals surface area contributed by atoms with E-state index in [9.17, 15) is 4.79 Å². The van der Waals surface area contributed by atoms with Crippen LogP contribution in [0.25, 0.3) is 0 Å². The van der Waals surface area contributed by atoms with Crippen molar-refractivity contribution in [2.24, 2.45) is 0 Å². The van der Waals surface area contributed by atoms with E-state index in [0.717, 1.165) is 5.69 Å². The molecule has 2 aromatic rings. The number of nitrogens with one attached hydrogen (secondary N) is 1. The molecule has 0 aliphatic carbocycles. The van der Waals surface area contributed by atoms with Gasteiger partial charge in [0.05, 0.1) is 6.54 Å². The molecule has 106 valence electrons. The lowest BCUT2D eigenvalue weighted by Gasteiger charge is -2.10. The SMILES string of the molecule is Cc1cc(=N)n(CC(=O)c2ccc(Cl)cc2)c(C)n1.[Br-]. The Kier molecular flexibility index (Phi) is 5.65. The molecule has 1 N–H and O–H groups in total. The zero-order valence-electron chi connectivity index (χ0n) is 11.2. The van der Waals surface area contributed by atoms with Gasteiger partial charge in [0.2, 0.25) is 0 Å². The minimum atomic E-state index is -0.0658. The van der Waals surface area contributed by atoms with Gasteiger partial charge in [0.1, 0.15) is 11.3 Å². The molecule has 0 atom stereocenters. The summed E-state index contributed by atoms with van der Waals surface area (Å²) in [6.45, 7) is 3.73. The van der Waals surface area contributed by atoms with Crippen LogP contribution in [0.15, 0.2) is 30.3 Å². The Balaban J connectivity index is 0.00000200. The van der Waals surface area contributed by atoms with Crippen LogP contribution in [-0.2, 0) is 6.54 Å². The molecule has 0 saturated carbocycles. The topological polar surface area (TPSA) is 58.7 Å². The van der Waals surface area contributed by atoms with Crippen LogP contribution in [0, 0.1) is 19.3 Å². The lowest BCUT2D eigenvalue weighted by Crippen LogP contribution is -3.00. The van der Waals surface area contributed by atoms with Crippen molar-refractivity contribution in [2.75, 3.05) is 0 Å². The van der Waals surface area contributed by atoms with Crippen molar-refractivity contribution < 1.29 is 21.8 Å². The second-order valence-electron chi connectivity index (χ2n) is 4.35. The predicted molar refractivity (Wildman–Crippen MR) is 73.3 cm³/mol. The first-order valence-corrected chi connectivity index (χ1v) is 6.23. The molecule has 0 radical (unpaired) electrons. The minimum Gasteiger partial charge on any atom is -1.00 e. The van der Waals surface area contributed by atoms with E-state index >= 15 is 0 Å². The number of halogens is 2. The number of benzene rings is 1. The molecule has 6 heteroatoms. The van der Waals surface area contributed by atoms with Gasteiger partial charge in [-0.1, -0.05) is 11.6 Å². The number of aromatic nitrogens is 2. The number of hydrogen-bond acceptors (Lipinski definition) is 3. The van der Waals surface area contributed by atoms with Crippen LogP contribution in [0.5, 0.6) is 0 Å². The normalized spacial score (nSPS) is 9.95. The number of carbonyl (C=O) groups is 1. The second-order valence-corrected chi connectivity index (χ2v) is 4.78. The van der Waals surface area contributed by atoms with Gasteiger partial charge in [-0.25, -0.2) is 4.98 Å². The van der Waals surface area contributed by atoms with Crippen LogP contribution in [0.1, 0.15) is 21.9 Å². The van der Waals surface area contributed by atoms with Crippen LogP contribution in [0.3, 0.4) is 0 Å². The van der Waals surface area contributed by atoms with Crippen molar-refractivity contribution in [2.45, 2.75) is 20.4 Å². The predicted octanol–water partition coefficient (Wildman–Crippen LogP) is -0.480. The summed E-state index contributed by atoms with van der Waals surface area (Å²) < 4.78 is 1.59. The van der Waals surface area contributed by atoms with E-state index in [2.05, 4.69) is 4.98 Å². The number of nitrogens with zero attached hydrogens (tertiary/aromatic N) is 2. The maximum Gasteiger partial charge on any atom is 0.182 e. The van der Waals surface area contributed by atoms with Crippen molar-refractivity contribution in [1.82, 2.24) is 9.55 Å². The Bertz CT molecular complexity index is 680. The van der Waals surface area contributed by atoms with Crippen LogP contribution in [-0.4, -0.2) is 15.3 Å². The third-order valence-corrected chi connectivity index (χ3v) is 3.09. The van der Waals surface area contributed by atoms with Crippen molar-refractivity contribution in [3.63, 3.8) is 0 Å². The van der Waals surface area contributed by atoms with Crippen molar-refractivity contribution >= 4 is 17.4 Å². The molecular weight excluding hydrogens is 342 g/mol. The van der Waals surface area contributed by atoms with Gasteiger partial charge < -0.3 is 21.5 Å². The van der Waals surface area contributed by atoms with Crippen molar-refractivity contribution in [3.8, 4) is 0 Å². The second kappa shape index (κ2) is 6.81. The Morgan fingerprint density at radius 1 is 1.30 bits per heavy atom. The summed E-state index contributed by atoms with van der Waals surface area (Å²) in [5, 5.41) is 8.49. The van der Waals surface area contributed by atoms with Crippen molar-refractivity contribution in [1.29, 1.82) is 5.41 Å². The summed E-state index contributed by atoms with van der Waals surface area (Å²) in [6, 6.07) is 8.38. The zero-order valence-corrected chi connectivity index (χ0v) is 13.5. The highest BCUT2D eigenvalue weighted by Crippen LogP contribution is 2.10. The summed E-state index contributed by atoms with van der Waals surface area (Å²) in [7, 11) is 0. The van der Waals surface area contributed by atoms with Gasteiger partial charge in [0, 0.05) is 22.3 Å². The summed E-state index contributed by atoms with van der Waals surface area (Å²) in [5.74, 6) is 0.594. The molecule has 1 aromatic heterocycles. The van der Waals surface area contributed by atoms with E-state index < -0.39 is 0 Å². The van der Waals surface area contributed by atoms with E-state index in [4.69, 9.17) is 17.0 Å². The van der Waals surface area contributed by atoms with Crippen molar-refractivity contribution in [3.05, 3.63) is 57.9 Å². The number of hydrogen-bond donors (Lipinski definition) is 1. The fraction of sp³-hybridized carbons (Fsp3) is 0.214. The third-order valence-electron chi connectivity index (χ3n) is 2.83.